The van der Waals surface area contributed by atoms with Gasteiger partial charge in [-0.1, -0.05) is 6.92 Å². The second kappa shape index (κ2) is 4.08. The quantitative estimate of drug-likeness (QED) is 0.692. The highest BCUT2D eigenvalue weighted by molar-refractivity contribution is 6.00. The third-order valence-electron chi connectivity index (χ3n) is 3.07. The summed E-state index contributed by atoms with van der Waals surface area (Å²) >= 11 is 0. The maximum absolute atomic E-state index is 11.8. The summed E-state index contributed by atoms with van der Waals surface area (Å²) in [6.07, 6.45) is 0. The summed E-state index contributed by atoms with van der Waals surface area (Å²) in [4.78, 5) is 22.6. The molecule has 1 amide bonds. The van der Waals surface area contributed by atoms with Gasteiger partial charge in [-0.25, -0.2) is 4.79 Å². The monoisotopic (exact) mass is 234 g/mol. The molecule has 0 unspecified atom stereocenters. The van der Waals surface area contributed by atoms with Gasteiger partial charge >= 0.3 is 5.97 Å². The number of amides is 1. The molecule has 0 saturated heterocycles. The van der Waals surface area contributed by atoms with Gasteiger partial charge in [0.15, 0.2) is 0 Å². The number of fused-ring (bicyclic) bond motifs is 1. The minimum atomic E-state index is -1.01. The minimum absolute atomic E-state index is 0.00641. The zero-order valence-corrected chi connectivity index (χ0v) is 9.65. The Bertz CT molecular complexity index is 485. The Morgan fingerprint density at radius 2 is 2.00 bits per heavy atom. The Labute approximate surface area is 98.8 Å². The van der Waals surface area contributed by atoms with E-state index in [1.807, 2.05) is 13.8 Å². The molecule has 0 saturated carbocycles. The smallest absolute Gasteiger partial charge is 0.335 e. The van der Waals surface area contributed by atoms with Crippen LogP contribution in [0.15, 0.2) is 18.2 Å². The SMILES string of the molecule is C[C@@H]1Nc2ccc(C(=O)O)cc2NC(=O)[C@H]1C. The van der Waals surface area contributed by atoms with Crippen LogP contribution in [0, 0.1) is 5.92 Å². The fourth-order valence-corrected chi connectivity index (χ4v) is 1.75. The lowest BCUT2D eigenvalue weighted by Gasteiger charge is -2.16. The average molecular weight is 234 g/mol. The van der Waals surface area contributed by atoms with Gasteiger partial charge in [-0.15, -0.1) is 0 Å². The van der Waals surface area contributed by atoms with Crippen molar-refractivity contribution < 1.29 is 14.7 Å². The predicted molar refractivity (Wildman–Crippen MR) is 64.3 cm³/mol. The van der Waals surface area contributed by atoms with Crippen molar-refractivity contribution in [3.8, 4) is 0 Å². The molecule has 0 bridgehead atoms. The van der Waals surface area contributed by atoms with E-state index in [-0.39, 0.29) is 23.4 Å². The number of aromatic carboxylic acids is 1. The number of benzene rings is 1. The van der Waals surface area contributed by atoms with Crippen molar-refractivity contribution in [1.29, 1.82) is 0 Å². The summed E-state index contributed by atoms with van der Waals surface area (Å²) in [6, 6.07) is 4.66. The molecule has 1 aromatic carbocycles. The lowest BCUT2D eigenvalue weighted by Crippen LogP contribution is -2.30. The second-order valence-electron chi connectivity index (χ2n) is 4.28. The van der Waals surface area contributed by atoms with Crippen LogP contribution in [0.3, 0.4) is 0 Å². The number of carbonyl (C=O) groups excluding carboxylic acids is 1. The first-order valence-electron chi connectivity index (χ1n) is 5.44. The molecule has 0 fully saturated rings. The first kappa shape index (κ1) is 11.4. The normalized spacial score (nSPS) is 23.1. The second-order valence-corrected chi connectivity index (χ2v) is 4.28. The minimum Gasteiger partial charge on any atom is -0.478 e. The molecule has 0 aromatic heterocycles. The standard InChI is InChI=1S/C12H14N2O3/c1-6-7(2)13-9-4-3-8(12(16)17)5-10(9)14-11(6)15/h3-7,13H,1-2H3,(H,14,15)(H,16,17)/t6-,7-/m0/s1. The molecule has 17 heavy (non-hydrogen) atoms. The largest absolute Gasteiger partial charge is 0.478 e. The Morgan fingerprint density at radius 1 is 1.29 bits per heavy atom. The molecule has 3 N–H and O–H groups in total. The summed E-state index contributed by atoms with van der Waals surface area (Å²) in [5.41, 5.74) is 1.43. The lowest BCUT2D eigenvalue weighted by atomic mass is 10.0. The Balaban J connectivity index is 2.43. The molecule has 5 heteroatoms. The summed E-state index contributed by atoms with van der Waals surface area (Å²) in [7, 11) is 0. The van der Waals surface area contributed by atoms with Gasteiger partial charge in [0.25, 0.3) is 0 Å². The number of carbonyl (C=O) groups is 2. The van der Waals surface area contributed by atoms with Crippen LogP contribution in [0.1, 0.15) is 24.2 Å². The zero-order chi connectivity index (χ0) is 12.6. The lowest BCUT2D eigenvalue weighted by molar-refractivity contribution is -0.119. The molecule has 1 heterocycles. The first-order chi connectivity index (χ1) is 7.99. The summed E-state index contributed by atoms with van der Waals surface area (Å²) < 4.78 is 0. The van der Waals surface area contributed by atoms with E-state index in [0.29, 0.717) is 5.69 Å². The van der Waals surface area contributed by atoms with Crippen LogP contribution in [0.5, 0.6) is 0 Å². The van der Waals surface area contributed by atoms with Gasteiger partial charge in [0, 0.05) is 6.04 Å². The molecule has 1 aromatic rings. The van der Waals surface area contributed by atoms with Crippen LogP contribution < -0.4 is 10.6 Å². The van der Waals surface area contributed by atoms with E-state index in [1.165, 1.54) is 12.1 Å². The molecule has 2 rings (SSSR count). The number of hydrogen-bond acceptors (Lipinski definition) is 3. The first-order valence-corrected chi connectivity index (χ1v) is 5.44. The van der Waals surface area contributed by atoms with Gasteiger partial charge in [0.1, 0.15) is 0 Å². The van der Waals surface area contributed by atoms with E-state index in [1.54, 1.807) is 6.07 Å². The maximum atomic E-state index is 11.8. The van der Waals surface area contributed by atoms with Crippen molar-refractivity contribution >= 4 is 23.3 Å². The van der Waals surface area contributed by atoms with Crippen molar-refractivity contribution in [3.05, 3.63) is 23.8 Å². The third kappa shape index (κ3) is 2.08. The number of hydrogen-bond donors (Lipinski definition) is 3. The topological polar surface area (TPSA) is 78.4 Å². The number of nitrogens with one attached hydrogen (secondary N) is 2. The van der Waals surface area contributed by atoms with Crippen LogP contribution >= 0.6 is 0 Å². The highest BCUT2D eigenvalue weighted by Crippen LogP contribution is 2.28. The summed E-state index contributed by atoms with van der Waals surface area (Å²) in [6.45, 7) is 3.75. The van der Waals surface area contributed by atoms with Crippen molar-refractivity contribution in [3.63, 3.8) is 0 Å². The Hall–Kier alpha value is -2.04. The predicted octanol–water partition coefficient (Wildman–Crippen LogP) is 1.77. The number of carboxylic acids is 1. The van der Waals surface area contributed by atoms with Crippen molar-refractivity contribution in [2.75, 3.05) is 10.6 Å². The van der Waals surface area contributed by atoms with Crippen molar-refractivity contribution in [1.82, 2.24) is 0 Å². The summed E-state index contributed by atoms with van der Waals surface area (Å²) in [5, 5.41) is 14.8. The third-order valence-corrected chi connectivity index (χ3v) is 3.07. The van der Waals surface area contributed by atoms with Crippen LogP contribution in [-0.4, -0.2) is 23.0 Å². The zero-order valence-electron chi connectivity index (χ0n) is 9.65. The van der Waals surface area contributed by atoms with Crippen LogP contribution in [0.25, 0.3) is 0 Å². The van der Waals surface area contributed by atoms with Gasteiger partial charge < -0.3 is 15.7 Å². The van der Waals surface area contributed by atoms with E-state index in [9.17, 15) is 9.59 Å². The molecule has 0 spiro atoms. The number of anilines is 2. The number of rotatable bonds is 1. The number of carboxylic acid groups (broad SMARTS) is 1. The van der Waals surface area contributed by atoms with Crippen LogP contribution in [0.4, 0.5) is 11.4 Å². The molecule has 90 valence electrons. The van der Waals surface area contributed by atoms with E-state index in [4.69, 9.17) is 5.11 Å². The molecule has 0 radical (unpaired) electrons. The van der Waals surface area contributed by atoms with Gasteiger partial charge in [-0.3, -0.25) is 4.79 Å². The van der Waals surface area contributed by atoms with Crippen LogP contribution in [-0.2, 0) is 4.79 Å². The van der Waals surface area contributed by atoms with Crippen LogP contribution in [0.2, 0.25) is 0 Å². The van der Waals surface area contributed by atoms with E-state index in [2.05, 4.69) is 10.6 Å². The highest BCUT2D eigenvalue weighted by atomic mass is 16.4. The fraction of sp³-hybridized carbons (Fsp3) is 0.333. The van der Waals surface area contributed by atoms with E-state index < -0.39 is 5.97 Å². The molecule has 2 atom stereocenters. The molecule has 5 nitrogen and oxygen atoms in total. The van der Waals surface area contributed by atoms with Crippen molar-refractivity contribution in [2.24, 2.45) is 5.92 Å². The van der Waals surface area contributed by atoms with Crippen molar-refractivity contribution in [2.45, 2.75) is 19.9 Å². The highest BCUT2D eigenvalue weighted by Gasteiger charge is 2.25. The maximum Gasteiger partial charge on any atom is 0.335 e. The molecule has 1 aliphatic rings. The molecule has 1 aliphatic heterocycles. The van der Waals surface area contributed by atoms with Gasteiger partial charge in [0.2, 0.25) is 5.91 Å². The Kier molecular flexibility index (Phi) is 2.75. The molecular weight excluding hydrogens is 220 g/mol. The van der Waals surface area contributed by atoms with E-state index in [0.717, 1.165) is 5.69 Å². The average Bonchev–Trinajstić information content (AvgIpc) is 2.38. The molecule has 0 aliphatic carbocycles. The summed E-state index contributed by atoms with van der Waals surface area (Å²) in [5.74, 6) is -1.28. The van der Waals surface area contributed by atoms with Gasteiger partial charge in [0.05, 0.1) is 22.9 Å². The molecular formula is C12H14N2O3. The fourth-order valence-electron chi connectivity index (χ4n) is 1.75. The van der Waals surface area contributed by atoms with Gasteiger partial charge in [-0.05, 0) is 25.1 Å². The van der Waals surface area contributed by atoms with Gasteiger partial charge in [-0.2, -0.15) is 0 Å². The van der Waals surface area contributed by atoms with E-state index >= 15 is 0 Å². The Morgan fingerprint density at radius 3 is 2.65 bits per heavy atom.